The summed E-state index contributed by atoms with van der Waals surface area (Å²) in [6.07, 6.45) is 0. The third-order valence-electron chi connectivity index (χ3n) is 10.4. The van der Waals surface area contributed by atoms with E-state index in [0.717, 1.165) is 66.3 Å². The van der Waals surface area contributed by atoms with Crippen molar-refractivity contribution in [3.63, 3.8) is 0 Å². The van der Waals surface area contributed by atoms with Crippen molar-refractivity contribution in [3.8, 4) is 39.5 Å². The van der Waals surface area contributed by atoms with Crippen LogP contribution in [-0.4, -0.2) is 14.5 Å². The molecular weight excluding hydrogens is 635 g/mol. The van der Waals surface area contributed by atoms with Crippen LogP contribution in [0.15, 0.2) is 180 Å². The summed E-state index contributed by atoms with van der Waals surface area (Å²) < 4.78 is 8.37. The highest BCUT2D eigenvalue weighted by atomic mass is 16.3. The Morgan fingerprint density at radius 2 is 1.00 bits per heavy atom. The van der Waals surface area contributed by atoms with Crippen molar-refractivity contribution >= 4 is 65.4 Å². The molecule has 0 saturated carbocycles. The van der Waals surface area contributed by atoms with Crippen LogP contribution in [0.2, 0.25) is 0 Å². The van der Waals surface area contributed by atoms with E-state index < -0.39 is 0 Å². The summed E-state index contributed by atoms with van der Waals surface area (Å²) in [6, 6.07) is 62.1. The van der Waals surface area contributed by atoms with Crippen molar-refractivity contribution in [3.05, 3.63) is 176 Å². The van der Waals surface area contributed by atoms with Crippen molar-refractivity contribution in [2.45, 2.75) is 0 Å². The van der Waals surface area contributed by atoms with Crippen LogP contribution < -0.4 is 0 Å². The predicted molar refractivity (Wildman–Crippen MR) is 215 cm³/mol. The highest BCUT2D eigenvalue weighted by Crippen LogP contribution is 2.40. The maximum Gasteiger partial charge on any atom is 0.235 e. The van der Waals surface area contributed by atoms with Gasteiger partial charge in [0, 0.05) is 32.5 Å². The number of nitrogens with zero attached hydrogens (tertiary/aromatic N) is 3. The maximum atomic E-state index is 6.14. The van der Waals surface area contributed by atoms with Gasteiger partial charge in [-0.2, -0.15) is 0 Å². The van der Waals surface area contributed by atoms with Crippen LogP contribution in [0.25, 0.3) is 105 Å². The summed E-state index contributed by atoms with van der Waals surface area (Å²) >= 11 is 0. The van der Waals surface area contributed by atoms with Gasteiger partial charge < -0.3 is 4.42 Å². The van der Waals surface area contributed by atoms with Crippen molar-refractivity contribution in [2.75, 3.05) is 0 Å². The summed E-state index contributed by atoms with van der Waals surface area (Å²) in [7, 11) is 0. The molecule has 0 aliphatic heterocycles. The third kappa shape index (κ3) is 4.41. The lowest BCUT2D eigenvalue weighted by molar-refractivity contribution is 0.669. The molecule has 0 bridgehead atoms. The van der Waals surface area contributed by atoms with E-state index in [1.807, 2.05) is 24.3 Å². The summed E-state index contributed by atoms with van der Waals surface area (Å²) in [6.45, 7) is 0. The molecule has 8 aromatic carbocycles. The van der Waals surface area contributed by atoms with E-state index in [2.05, 4.69) is 156 Å². The van der Waals surface area contributed by atoms with Crippen LogP contribution in [0.4, 0.5) is 0 Å². The van der Waals surface area contributed by atoms with Gasteiger partial charge in [-0.3, -0.25) is 4.57 Å². The van der Waals surface area contributed by atoms with Gasteiger partial charge in [-0.05, 0) is 75.5 Å². The molecule has 0 radical (unpaired) electrons. The summed E-state index contributed by atoms with van der Waals surface area (Å²) in [4.78, 5) is 10.6. The van der Waals surface area contributed by atoms with Gasteiger partial charge in [0.15, 0.2) is 0 Å². The predicted octanol–water partition coefficient (Wildman–Crippen LogP) is 12.8. The van der Waals surface area contributed by atoms with Gasteiger partial charge in [-0.25, -0.2) is 9.97 Å². The summed E-state index contributed by atoms with van der Waals surface area (Å²) in [5.41, 5.74) is 11.5. The lowest BCUT2D eigenvalue weighted by Gasteiger charge is -2.12. The molecule has 0 fully saturated rings. The standard InChI is InChI=1S/C48H29N3O/c1-2-10-30(11-3-1)31-18-21-33(22-19-31)47-37-13-4-7-15-41(37)49-48(50-47)51-42-16-8-5-14-38(42)46-39-28-34(23-20-32(39)24-26-43(46)51)35-25-27-45-40(29-35)36-12-6-9-17-44(36)52-45/h1-29H. The highest BCUT2D eigenvalue weighted by molar-refractivity contribution is 6.22. The van der Waals surface area contributed by atoms with Crippen LogP contribution in [0, 0.1) is 0 Å². The molecule has 0 saturated heterocycles. The fourth-order valence-electron chi connectivity index (χ4n) is 7.92. The van der Waals surface area contributed by atoms with E-state index in [-0.39, 0.29) is 0 Å². The number of hydrogen-bond acceptors (Lipinski definition) is 3. The van der Waals surface area contributed by atoms with Gasteiger partial charge in [0.05, 0.1) is 22.2 Å². The average molecular weight is 664 g/mol. The van der Waals surface area contributed by atoms with Crippen LogP contribution in [0.5, 0.6) is 0 Å². The molecule has 3 heterocycles. The van der Waals surface area contributed by atoms with Crippen molar-refractivity contribution in [1.82, 2.24) is 14.5 Å². The molecule has 0 spiro atoms. The second-order valence-corrected chi connectivity index (χ2v) is 13.4. The summed E-state index contributed by atoms with van der Waals surface area (Å²) in [5, 5.41) is 8.02. The maximum absolute atomic E-state index is 6.14. The van der Waals surface area contributed by atoms with Crippen LogP contribution in [0.3, 0.4) is 0 Å². The smallest absolute Gasteiger partial charge is 0.235 e. The zero-order valence-electron chi connectivity index (χ0n) is 28.0. The molecule has 52 heavy (non-hydrogen) atoms. The van der Waals surface area contributed by atoms with Gasteiger partial charge in [0.1, 0.15) is 11.2 Å². The SMILES string of the molecule is c1ccc(-c2ccc(-c3nc(-n4c5ccccc5c5c6cc(-c7ccc8oc9ccccc9c8c7)ccc6ccc54)nc4ccccc34)cc2)cc1. The molecule has 3 aromatic heterocycles. The Hall–Kier alpha value is -7.04. The minimum Gasteiger partial charge on any atom is -0.456 e. The zero-order valence-corrected chi connectivity index (χ0v) is 28.0. The molecule has 11 rings (SSSR count). The Balaban J connectivity index is 1.12. The Kier molecular flexibility index (Phi) is 6.22. The number of benzene rings is 8. The molecule has 0 amide bonds. The van der Waals surface area contributed by atoms with E-state index in [9.17, 15) is 0 Å². The number of aromatic nitrogens is 3. The quantitative estimate of drug-likeness (QED) is 0.188. The average Bonchev–Trinajstić information content (AvgIpc) is 3.76. The van der Waals surface area contributed by atoms with E-state index in [4.69, 9.17) is 14.4 Å². The first-order chi connectivity index (χ1) is 25.8. The van der Waals surface area contributed by atoms with Crippen molar-refractivity contribution < 1.29 is 4.42 Å². The van der Waals surface area contributed by atoms with E-state index >= 15 is 0 Å². The highest BCUT2D eigenvalue weighted by Gasteiger charge is 2.19. The van der Waals surface area contributed by atoms with Crippen LogP contribution in [-0.2, 0) is 0 Å². The first-order valence-corrected chi connectivity index (χ1v) is 17.6. The molecule has 0 aliphatic carbocycles. The molecule has 0 atom stereocenters. The fraction of sp³-hybridized carbons (Fsp3) is 0. The minimum atomic E-state index is 0.653. The Morgan fingerprint density at radius 3 is 1.87 bits per heavy atom. The van der Waals surface area contributed by atoms with Crippen LogP contribution >= 0.6 is 0 Å². The van der Waals surface area contributed by atoms with Crippen LogP contribution in [0.1, 0.15) is 0 Å². The number of fused-ring (bicyclic) bond motifs is 9. The molecule has 4 heteroatoms. The largest absolute Gasteiger partial charge is 0.456 e. The lowest BCUT2D eigenvalue weighted by Crippen LogP contribution is -2.03. The molecule has 11 aromatic rings. The first kappa shape index (κ1) is 28.8. The van der Waals surface area contributed by atoms with Gasteiger partial charge in [-0.15, -0.1) is 0 Å². The van der Waals surface area contributed by atoms with Gasteiger partial charge >= 0.3 is 0 Å². The molecule has 4 nitrogen and oxygen atoms in total. The Labute approximate surface area is 298 Å². The summed E-state index contributed by atoms with van der Waals surface area (Å²) in [5.74, 6) is 0.653. The second kappa shape index (κ2) is 11.2. The van der Waals surface area contributed by atoms with Crippen molar-refractivity contribution in [2.24, 2.45) is 0 Å². The zero-order chi connectivity index (χ0) is 34.2. The molecule has 0 N–H and O–H groups in total. The van der Waals surface area contributed by atoms with Crippen molar-refractivity contribution in [1.29, 1.82) is 0 Å². The Morgan fingerprint density at radius 1 is 0.385 bits per heavy atom. The lowest BCUT2D eigenvalue weighted by atomic mass is 9.97. The monoisotopic (exact) mass is 663 g/mol. The first-order valence-electron chi connectivity index (χ1n) is 17.6. The van der Waals surface area contributed by atoms with Gasteiger partial charge in [0.25, 0.3) is 0 Å². The Bertz CT molecular complexity index is 3170. The number of hydrogen-bond donors (Lipinski definition) is 0. The number of furan rings is 1. The normalized spacial score (nSPS) is 11.8. The molecular formula is C48H29N3O. The fourth-order valence-corrected chi connectivity index (χ4v) is 7.92. The second-order valence-electron chi connectivity index (χ2n) is 13.4. The third-order valence-corrected chi connectivity index (χ3v) is 10.4. The van der Waals surface area contributed by atoms with E-state index in [1.165, 1.54) is 32.7 Å². The van der Waals surface area contributed by atoms with Gasteiger partial charge in [0.2, 0.25) is 5.95 Å². The van der Waals surface area contributed by atoms with E-state index in [0.29, 0.717) is 5.95 Å². The van der Waals surface area contributed by atoms with Gasteiger partial charge in [-0.1, -0.05) is 133 Å². The molecule has 0 aliphatic rings. The molecule has 0 unspecified atom stereocenters. The topological polar surface area (TPSA) is 43.9 Å². The minimum absolute atomic E-state index is 0.653. The van der Waals surface area contributed by atoms with E-state index in [1.54, 1.807) is 0 Å². The molecule has 242 valence electrons. The number of rotatable bonds is 4. The number of para-hydroxylation sites is 3.